The molecule has 3 heterocycles. The fourth-order valence-corrected chi connectivity index (χ4v) is 3.70. The highest BCUT2D eigenvalue weighted by molar-refractivity contribution is 7.19. The van der Waals surface area contributed by atoms with E-state index in [0.29, 0.717) is 18.2 Å². The van der Waals surface area contributed by atoms with Gasteiger partial charge in [0.2, 0.25) is 10.8 Å². The molecule has 5 rings (SSSR count). The molecule has 3 aromatic heterocycles. The van der Waals surface area contributed by atoms with Crippen molar-refractivity contribution in [1.29, 1.82) is 0 Å². The third-order valence-electron chi connectivity index (χ3n) is 4.03. The van der Waals surface area contributed by atoms with E-state index in [1.807, 2.05) is 61.5 Å². The molecule has 0 amide bonds. The minimum absolute atomic E-state index is 0.597. The highest BCUT2D eigenvalue weighted by atomic mass is 32.1. The van der Waals surface area contributed by atoms with Crippen molar-refractivity contribution in [3.8, 4) is 27.9 Å². The van der Waals surface area contributed by atoms with E-state index in [9.17, 15) is 0 Å². The van der Waals surface area contributed by atoms with Crippen LogP contribution >= 0.6 is 11.3 Å². The number of aromatic nitrogens is 4. The average molecular weight is 362 g/mol. The van der Waals surface area contributed by atoms with Gasteiger partial charge in [-0.1, -0.05) is 41.7 Å². The summed E-state index contributed by atoms with van der Waals surface area (Å²) in [7, 11) is 0. The molecular weight excluding hydrogens is 348 g/mol. The molecule has 0 unspecified atom stereocenters. The molecule has 0 spiro atoms. The van der Waals surface area contributed by atoms with Crippen LogP contribution in [-0.2, 0) is 0 Å². The van der Waals surface area contributed by atoms with E-state index < -0.39 is 0 Å². The zero-order valence-electron chi connectivity index (χ0n) is 13.9. The number of fused-ring (bicyclic) bond motifs is 2. The van der Waals surface area contributed by atoms with Crippen LogP contribution < -0.4 is 4.74 Å². The van der Waals surface area contributed by atoms with Gasteiger partial charge in [0.25, 0.3) is 0 Å². The molecule has 0 aliphatic heterocycles. The lowest BCUT2D eigenvalue weighted by atomic mass is 10.2. The second kappa shape index (κ2) is 5.96. The van der Waals surface area contributed by atoms with Crippen LogP contribution in [-0.4, -0.2) is 26.4 Å². The number of hydrogen-bond donors (Lipinski definition) is 0. The summed E-state index contributed by atoms with van der Waals surface area (Å²) in [5, 5.41) is 15.1. The largest absolute Gasteiger partial charge is 0.494 e. The van der Waals surface area contributed by atoms with Crippen LogP contribution in [0.2, 0.25) is 0 Å². The molecule has 0 saturated heterocycles. The number of rotatable bonds is 4. The Kier molecular flexibility index (Phi) is 3.46. The first-order chi connectivity index (χ1) is 12.8. The van der Waals surface area contributed by atoms with E-state index in [2.05, 4.69) is 15.3 Å². The van der Waals surface area contributed by atoms with Crippen LogP contribution in [0.5, 0.6) is 5.75 Å². The third kappa shape index (κ3) is 2.44. The molecule has 7 heteroatoms. The maximum atomic E-state index is 5.91. The number of ether oxygens (including phenoxy) is 1. The summed E-state index contributed by atoms with van der Waals surface area (Å²) in [6, 6.07) is 17.7. The minimum atomic E-state index is 0.597. The van der Waals surface area contributed by atoms with Gasteiger partial charge in [-0.15, -0.1) is 10.2 Å². The SMILES string of the molecule is CCOc1cccc(-c2nn3c(-c4cc5ccccc5o4)nnc3s2)c1. The second-order valence-electron chi connectivity index (χ2n) is 5.73. The van der Waals surface area contributed by atoms with Gasteiger partial charge in [0.15, 0.2) is 5.76 Å². The molecule has 26 heavy (non-hydrogen) atoms. The lowest BCUT2D eigenvalue weighted by Gasteiger charge is -2.03. The standard InChI is InChI=1S/C19H14N4O2S/c1-2-24-14-8-5-7-13(10-14)18-22-23-17(20-21-19(23)26-18)16-11-12-6-3-4-9-15(12)25-16/h3-11H,2H2,1H3. The second-order valence-corrected chi connectivity index (χ2v) is 6.69. The van der Waals surface area contributed by atoms with Gasteiger partial charge in [-0.25, -0.2) is 0 Å². The molecule has 0 bridgehead atoms. The Labute approximate surface area is 152 Å². The van der Waals surface area contributed by atoms with E-state index in [-0.39, 0.29) is 0 Å². The van der Waals surface area contributed by atoms with Crippen LogP contribution in [0.15, 0.2) is 59.0 Å². The molecule has 5 aromatic rings. The Morgan fingerprint density at radius 3 is 2.88 bits per heavy atom. The number of hydrogen-bond acceptors (Lipinski definition) is 6. The van der Waals surface area contributed by atoms with Gasteiger partial charge in [0.1, 0.15) is 16.3 Å². The summed E-state index contributed by atoms with van der Waals surface area (Å²) >= 11 is 1.48. The first-order valence-corrected chi connectivity index (χ1v) is 9.08. The molecule has 0 radical (unpaired) electrons. The van der Waals surface area contributed by atoms with Crippen LogP contribution in [0, 0.1) is 0 Å². The van der Waals surface area contributed by atoms with Crippen molar-refractivity contribution < 1.29 is 9.15 Å². The zero-order valence-corrected chi connectivity index (χ0v) is 14.7. The Bertz CT molecular complexity index is 1190. The van der Waals surface area contributed by atoms with Gasteiger partial charge in [0.05, 0.1) is 6.61 Å². The molecular formula is C19H14N4O2S. The third-order valence-corrected chi connectivity index (χ3v) is 4.98. The summed E-state index contributed by atoms with van der Waals surface area (Å²) in [5.74, 6) is 2.08. The lowest BCUT2D eigenvalue weighted by molar-refractivity contribution is 0.340. The van der Waals surface area contributed by atoms with Crippen LogP contribution in [0.3, 0.4) is 0 Å². The fourth-order valence-electron chi connectivity index (χ4n) is 2.86. The lowest BCUT2D eigenvalue weighted by Crippen LogP contribution is -1.92. The molecule has 0 aliphatic rings. The average Bonchev–Trinajstić information content (AvgIpc) is 3.35. The van der Waals surface area contributed by atoms with Crippen molar-refractivity contribution in [2.75, 3.05) is 6.61 Å². The van der Waals surface area contributed by atoms with Gasteiger partial charge >= 0.3 is 0 Å². The van der Waals surface area contributed by atoms with Crippen LogP contribution in [0.4, 0.5) is 0 Å². The molecule has 0 aliphatic carbocycles. The molecule has 128 valence electrons. The molecule has 0 N–H and O–H groups in total. The van der Waals surface area contributed by atoms with E-state index in [4.69, 9.17) is 9.15 Å². The van der Waals surface area contributed by atoms with Crippen molar-refractivity contribution in [2.24, 2.45) is 0 Å². The minimum Gasteiger partial charge on any atom is -0.494 e. The summed E-state index contributed by atoms with van der Waals surface area (Å²) in [6.45, 7) is 2.60. The van der Waals surface area contributed by atoms with E-state index in [1.54, 1.807) is 4.52 Å². The topological polar surface area (TPSA) is 65.5 Å². The van der Waals surface area contributed by atoms with E-state index in [1.165, 1.54) is 11.3 Å². The van der Waals surface area contributed by atoms with Crippen molar-refractivity contribution in [1.82, 2.24) is 19.8 Å². The number of benzene rings is 2. The van der Waals surface area contributed by atoms with Gasteiger partial charge in [-0.2, -0.15) is 9.61 Å². The van der Waals surface area contributed by atoms with Crippen molar-refractivity contribution in [2.45, 2.75) is 6.92 Å². The van der Waals surface area contributed by atoms with Gasteiger partial charge in [0, 0.05) is 10.9 Å². The predicted molar refractivity (Wildman–Crippen MR) is 100 cm³/mol. The summed E-state index contributed by atoms with van der Waals surface area (Å²) < 4.78 is 13.2. The highest BCUT2D eigenvalue weighted by Gasteiger charge is 2.17. The van der Waals surface area contributed by atoms with Crippen LogP contribution in [0.1, 0.15) is 6.92 Å². The van der Waals surface area contributed by atoms with Crippen molar-refractivity contribution in [3.63, 3.8) is 0 Å². The number of para-hydroxylation sites is 1. The highest BCUT2D eigenvalue weighted by Crippen LogP contribution is 2.31. The Morgan fingerprint density at radius 1 is 1.08 bits per heavy atom. The fraction of sp³-hybridized carbons (Fsp3) is 0.105. The first kappa shape index (κ1) is 15.1. The van der Waals surface area contributed by atoms with Gasteiger partial charge in [-0.3, -0.25) is 0 Å². The summed E-state index contributed by atoms with van der Waals surface area (Å²) in [6.07, 6.45) is 0. The quantitative estimate of drug-likeness (QED) is 0.465. The van der Waals surface area contributed by atoms with Crippen molar-refractivity contribution in [3.05, 3.63) is 54.6 Å². The van der Waals surface area contributed by atoms with Crippen LogP contribution in [0.25, 0.3) is 38.1 Å². The predicted octanol–water partition coefficient (Wildman–Crippen LogP) is 4.66. The number of nitrogens with zero attached hydrogens (tertiary/aromatic N) is 4. The Balaban J connectivity index is 1.60. The molecule has 0 atom stereocenters. The maximum Gasteiger partial charge on any atom is 0.235 e. The number of furan rings is 1. The summed E-state index contributed by atoms with van der Waals surface area (Å²) in [5.41, 5.74) is 1.81. The smallest absolute Gasteiger partial charge is 0.235 e. The zero-order chi connectivity index (χ0) is 17.5. The van der Waals surface area contributed by atoms with E-state index in [0.717, 1.165) is 32.3 Å². The molecule has 6 nitrogen and oxygen atoms in total. The Hall–Kier alpha value is -3.19. The summed E-state index contributed by atoms with van der Waals surface area (Å²) in [4.78, 5) is 0.720. The molecule has 0 saturated carbocycles. The molecule has 0 fully saturated rings. The monoisotopic (exact) mass is 362 g/mol. The Morgan fingerprint density at radius 2 is 2.00 bits per heavy atom. The van der Waals surface area contributed by atoms with Gasteiger partial charge < -0.3 is 9.15 Å². The van der Waals surface area contributed by atoms with Gasteiger partial charge in [-0.05, 0) is 31.2 Å². The first-order valence-electron chi connectivity index (χ1n) is 8.26. The molecule has 2 aromatic carbocycles. The maximum absolute atomic E-state index is 5.91. The normalized spacial score (nSPS) is 11.4. The van der Waals surface area contributed by atoms with Crippen molar-refractivity contribution >= 4 is 27.3 Å². The van der Waals surface area contributed by atoms with E-state index >= 15 is 0 Å².